The number of ether oxygens (including phenoxy) is 1. The molecule has 166 valence electrons. The number of pyridine rings is 1. The molecule has 6 nitrogen and oxygen atoms in total. The lowest BCUT2D eigenvalue weighted by Crippen LogP contribution is -2.37. The second-order valence-electron chi connectivity index (χ2n) is 8.75. The van der Waals surface area contributed by atoms with Crippen LogP contribution < -0.4 is 10.8 Å². The fourth-order valence-electron chi connectivity index (χ4n) is 4.44. The summed E-state index contributed by atoms with van der Waals surface area (Å²) in [5, 5.41) is 8.00. The van der Waals surface area contributed by atoms with Gasteiger partial charge in [-0.15, -0.1) is 0 Å². The molecular weight excluding hydrogens is 397 g/mol. The Morgan fingerprint density at radius 3 is 2.88 bits per heavy atom. The number of nitrogens with zero attached hydrogens (tertiary/aromatic N) is 4. The van der Waals surface area contributed by atoms with E-state index in [0.29, 0.717) is 23.8 Å². The van der Waals surface area contributed by atoms with Crippen molar-refractivity contribution in [2.45, 2.75) is 32.7 Å². The third-order valence-electron chi connectivity index (χ3n) is 6.55. The maximum absolute atomic E-state index is 6.07. The quantitative estimate of drug-likeness (QED) is 0.517. The fraction of sp³-hybridized carbons (Fsp3) is 0.440. The highest BCUT2D eigenvalue weighted by atomic mass is 16.5. The van der Waals surface area contributed by atoms with E-state index in [4.69, 9.17) is 12.6 Å². The van der Waals surface area contributed by atoms with E-state index in [9.17, 15) is 0 Å². The van der Waals surface area contributed by atoms with Crippen LogP contribution in [0.2, 0.25) is 0 Å². The summed E-state index contributed by atoms with van der Waals surface area (Å²) < 4.78 is 7.43. The third-order valence-corrected chi connectivity index (χ3v) is 6.55. The van der Waals surface area contributed by atoms with Gasteiger partial charge in [-0.05, 0) is 49.5 Å². The largest absolute Gasteiger partial charge is 0.381 e. The predicted molar refractivity (Wildman–Crippen MR) is 129 cm³/mol. The number of hydrogen-bond donors (Lipinski definition) is 1. The van der Waals surface area contributed by atoms with E-state index in [-0.39, 0.29) is 0 Å². The second kappa shape index (κ2) is 10.2. The third kappa shape index (κ3) is 5.15. The van der Waals surface area contributed by atoms with Gasteiger partial charge in [0.15, 0.2) is 0 Å². The van der Waals surface area contributed by atoms with Crippen LogP contribution in [0, 0.1) is 18.8 Å². The molecule has 2 atom stereocenters. The number of nitrogens with one attached hydrogen (secondary N) is 1. The summed E-state index contributed by atoms with van der Waals surface area (Å²) in [6.45, 7) is 15.1. The molecule has 0 bridgehead atoms. The van der Waals surface area contributed by atoms with Crippen LogP contribution in [0.25, 0.3) is 5.82 Å². The molecule has 0 aliphatic carbocycles. The first-order valence-electron chi connectivity index (χ1n) is 11.4. The molecule has 0 spiro atoms. The van der Waals surface area contributed by atoms with Crippen LogP contribution in [0.15, 0.2) is 61.2 Å². The lowest BCUT2D eigenvalue weighted by molar-refractivity contribution is 0.174. The van der Waals surface area contributed by atoms with Gasteiger partial charge >= 0.3 is 0 Å². The zero-order chi connectivity index (χ0) is 22.5. The van der Waals surface area contributed by atoms with Crippen molar-refractivity contribution in [1.82, 2.24) is 25.0 Å². The molecular formula is C25H32BN5O. The number of likely N-dealkylation sites (tertiary alicyclic amines) is 1. The number of hydrogen-bond acceptors (Lipinski definition) is 5. The highest BCUT2D eigenvalue weighted by Gasteiger charge is 2.28. The van der Waals surface area contributed by atoms with Crippen molar-refractivity contribution in [3.05, 3.63) is 72.5 Å². The number of allylic oxidation sites excluding steroid dienone is 1. The summed E-state index contributed by atoms with van der Waals surface area (Å²) in [5.74, 6) is 1.68. The van der Waals surface area contributed by atoms with Gasteiger partial charge in [-0.2, -0.15) is 5.10 Å². The van der Waals surface area contributed by atoms with Crippen LogP contribution in [0.5, 0.6) is 0 Å². The Bertz CT molecular complexity index is 977. The van der Waals surface area contributed by atoms with Crippen molar-refractivity contribution in [3.63, 3.8) is 0 Å². The molecule has 0 amide bonds. The lowest BCUT2D eigenvalue weighted by atomic mass is 9.89. The summed E-state index contributed by atoms with van der Waals surface area (Å²) in [6, 6.07) is 3.99. The molecule has 2 radical (unpaired) electrons. The lowest BCUT2D eigenvalue weighted by Gasteiger charge is -2.37. The fourth-order valence-corrected chi connectivity index (χ4v) is 4.44. The van der Waals surface area contributed by atoms with Crippen LogP contribution >= 0.6 is 0 Å². The molecule has 2 aliphatic heterocycles. The highest BCUT2D eigenvalue weighted by molar-refractivity contribution is 6.33. The Morgan fingerprint density at radius 2 is 2.19 bits per heavy atom. The van der Waals surface area contributed by atoms with Crippen molar-refractivity contribution in [3.8, 4) is 0 Å². The van der Waals surface area contributed by atoms with Crippen LogP contribution in [-0.4, -0.2) is 53.8 Å². The molecule has 1 N–H and O–H groups in total. The van der Waals surface area contributed by atoms with Crippen molar-refractivity contribution in [1.29, 1.82) is 0 Å². The van der Waals surface area contributed by atoms with Crippen LogP contribution in [0.3, 0.4) is 0 Å². The van der Waals surface area contributed by atoms with Crippen molar-refractivity contribution < 1.29 is 4.74 Å². The van der Waals surface area contributed by atoms with E-state index < -0.39 is 0 Å². The Labute approximate surface area is 192 Å². The molecule has 2 unspecified atom stereocenters. The summed E-state index contributed by atoms with van der Waals surface area (Å²) >= 11 is 0. The normalized spacial score (nSPS) is 21.5. The van der Waals surface area contributed by atoms with Gasteiger partial charge in [-0.1, -0.05) is 24.7 Å². The maximum Gasteiger partial charge on any atom is 0.128 e. The van der Waals surface area contributed by atoms with Crippen LogP contribution in [0.4, 0.5) is 0 Å². The molecule has 2 aromatic heterocycles. The highest BCUT2D eigenvalue weighted by Crippen LogP contribution is 2.30. The van der Waals surface area contributed by atoms with E-state index in [0.717, 1.165) is 68.2 Å². The van der Waals surface area contributed by atoms with Crippen molar-refractivity contribution >= 4 is 19.1 Å². The van der Waals surface area contributed by atoms with E-state index in [1.165, 1.54) is 5.70 Å². The molecule has 2 fully saturated rings. The van der Waals surface area contributed by atoms with Gasteiger partial charge in [0.2, 0.25) is 0 Å². The first kappa shape index (κ1) is 22.4. The minimum Gasteiger partial charge on any atom is -0.381 e. The molecule has 0 saturated carbocycles. The maximum atomic E-state index is 6.07. The summed E-state index contributed by atoms with van der Waals surface area (Å²) in [7, 11) is 6.07. The molecule has 2 aliphatic rings. The van der Waals surface area contributed by atoms with Gasteiger partial charge in [0, 0.05) is 68.1 Å². The van der Waals surface area contributed by atoms with Gasteiger partial charge in [0.1, 0.15) is 13.7 Å². The van der Waals surface area contributed by atoms with Gasteiger partial charge in [-0.3, -0.25) is 4.98 Å². The topological polar surface area (TPSA) is 55.2 Å². The number of piperidine rings is 1. The minimum absolute atomic E-state index is 0.367. The second-order valence-corrected chi connectivity index (χ2v) is 8.75. The van der Waals surface area contributed by atoms with E-state index >= 15 is 0 Å². The molecule has 32 heavy (non-hydrogen) atoms. The van der Waals surface area contributed by atoms with Gasteiger partial charge in [0.05, 0.1) is 6.61 Å². The predicted octanol–water partition coefficient (Wildman–Crippen LogP) is 2.79. The average molecular weight is 429 g/mol. The Balaban J connectivity index is 1.50. The number of rotatable bonds is 8. The van der Waals surface area contributed by atoms with E-state index in [1.807, 2.05) is 29.9 Å². The van der Waals surface area contributed by atoms with Crippen LogP contribution in [-0.2, 0) is 11.3 Å². The zero-order valence-corrected chi connectivity index (χ0v) is 19.0. The smallest absolute Gasteiger partial charge is 0.128 e. The zero-order valence-electron chi connectivity index (χ0n) is 19.0. The van der Waals surface area contributed by atoms with Gasteiger partial charge in [-0.25, -0.2) is 4.68 Å². The van der Waals surface area contributed by atoms with Crippen molar-refractivity contribution in [2.75, 3.05) is 26.3 Å². The summed E-state index contributed by atoms with van der Waals surface area (Å²) in [5.41, 5.74) is 4.98. The Kier molecular flexibility index (Phi) is 7.15. The summed E-state index contributed by atoms with van der Waals surface area (Å²) in [4.78, 5) is 6.64. The minimum atomic E-state index is 0.367. The van der Waals surface area contributed by atoms with Gasteiger partial charge in [0.25, 0.3) is 0 Å². The van der Waals surface area contributed by atoms with E-state index in [2.05, 4.69) is 39.5 Å². The summed E-state index contributed by atoms with van der Waals surface area (Å²) in [6.07, 6.45) is 10.8. The first-order valence-corrected chi connectivity index (χ1v) is 11.4. The molecule has 7 heteroatoms. The standard InChI is InChI=1S/C25H32BN5O/c1-18(22-7-5-10-30(16-22)19(2)23-8-11-32-17-23)12-25(31-20(3)24(26)15-29-31)28-14-21-6-4-9-27-13-21/h4,6,9,12-13,15,22-23,28H,1-2,5,7-8,10-11,14,16-17H2,3H3/b25-12-. The van der Waals surface area contributed by atoms with Crippen LogP contribution in [0.1, 0.15) is 30.5 Å². The molecule has 2 aromatic rings. The Hall–Kier alpha value is -2.80. The number of aromatic nitrogens is 3. The molecule has 4 rings (SSSR count). The molecule has 4 heterocycles. The monoisotopic (exact) mass is 429 g/mol. The SMILES string of the molecule is [B]c1cnn(/C(=C\C(=C)C2CCCN(C(=C)C3CCOC3)C2)NCc2cccnc2)c1C. The average Bonchev–Trinajstić information content (AvgIpc) is 3.47. The molecule has 0 aromatic carbocycles. The Morgan fingerprint density at radius 1 is 1.31 bits per heavy atom. The first-order chi connectivity index (χ1) is 15.5. The molecule has 2 saturated heterocycles. The van der Waals surface area contributed by atoms with E-state index in [1.54, 1.807) is 12.4 Å². The van der Waals surface area contributed by atoms with Gasteiger partial charge < -0.3 is 15.0 Å². The van der Waals surface area contributed by atoms with Crippen molar-refractivity contribution in [2.24, 2.45) is 11.8 Å².